The van der Waals surface area contributed by atoms with Gasteiger partial charge >= 0.3 is 5.69 Å². The maximum Gasteiger partial charge on any atom is 0.332 e. The third-order valence-corrected chi connectivity index (χ3v) is 5.82. The Labute approximate surface area is 196 Å². The quantitative estimate of drug-likeness (QED) is 0.518. The van der Waals surface area contributed by atoms with Gasteiger partial charge in [-0.1, -0.05) is 45.1 Å². The molecule has 10 heteroatoms. The minimum atomic E-state index is -3.86. The van der Waals surface area contributed by atoms with E-state index in [0.717, 1.165) is 5.56 Å². The highest BCUT2D eigenvalue weighted by Crippen LogP contribution is 2.37. The van der Waals surface area contributed by atoms with Crippen molar-refractivity contribution in [2.24, 2.45) is 5.14 Å². The number of hydrogen-bond donors (Lipinski definition) is 2. The van der Waals surface area contributed by atoms with Gasteiger partial charge in [-0.05, 0) is 29.2 Å². The van der Waals surface area contributed by atoms with Crippen LogP contribution < -0.4 is 21.1 Å². The van der Waals surface area contributed by atoms with E-state index in [1.54, 1.807) is 24.3 Å². The molecule has 0 radical (unpaired) electrons. The lowest BCUT2D eigenvalue weighted by Gasteiger charge is -2.25. The number of primary sulfonamides is 1. The molecule has 0 aliphatic heterocycles. The van der Waals surface area contributed by atoms with Crippen LogP contribution in [0.4, 0.5) is 4.39 Å². The number of aromatic nitrogens is 2. The van der Waals surface area contributed by atoms with Crippen LogP contribution in [0.25, 0.3) is 17.8 Å². The molecule has 0 spiro atoms. The number of ether oxygens (including phenoxy) is 1. The molecular formula is C24H26FN3O5S. The molecule has 0 aliphatic rings. The summed E-state index contributed by atoms with van der Waals surface area (Å²) in [6.45, 7) is 5.99. The molecule has 0 amide bonds. The molecule has 0 saturated carbocycles. The van der Waals surface area contributed by atoms with E-state index < -0.39 is 32.8 Å². The largest absolute Gasteiger partial charge is 0.496 e. The molecule has 3 aromatic rings. The highest BCUT2D eigenvalue weighted by molar-refractivity contribution is 7.88. The number of nitrogens with one attached hydrogen (secondary N) is 1. The van der Waals surface area contributed by atoms with Crippen molar-refractivity contribution in [1.82, 2.24) is 9.55 Å². The first-order chi connectivity index (χ1) is 15.8. The summed E-state index contributed by atoms with van der Waals surface area (Å²) in [6, 6.07) is 8.95. The van der Waals surface area contributed by atoms with Crippen LogP contribution in [0.1, 0.15) is 43.0 Å². The molecule has 34 heavy (non-hydrogen) atoms. The van der Waals surface area contributed by atoms with Crippen LogP contribution in [-0.2, 0) is 21.2 Å². The van der Waals surface area contributed by atoms with E-state index in [-0.39, 0.29) is 11.0 Å². The topological polar surface area (TPSA) is 124 Å². The van der Waals surface area contributed by atoms with Gasteiger partial charge in [-0.25, -0.2) is 22.7 Å². The summed E-state index contributed by atoms with van der Waals surface area (Å²) >= 11 is 0. The van der Waals surface area contributed by atoms with Crippen LogP contribution in [0.2, 0.25) is 0 Å². The van der Waals surface area contributed by atoms with E-state index in [9.17, 15) is 22.4 Å². The second-order valence-corrected chi connectivity index (χ2v) is 10.5. The fourth-order valence-electron chi connectivity index (χ4n) is 3.49. The zero-order valence-corrected chi connectivity index (χ0v) is 20.1. The van der Waals surface area contributed by atoms with Crippen molar-refractivity contribution < 1.29 is 17.5 Å². The molecule has 180 valence electrons. The number of halogens is 1. The fourth-order valence-corrected chi connectivity index (χ4v) is 4.16. The Morgan fingerprint density at radius 3 is 2.38 bits per heavy atom. The molecule has 2 aromatic carbocycles. The van der Waals surface area contributed by atoms with Gasteiger partial charge in [0.05, 0.1) is 18.6 Å². The summed E-state index contributed by atoms with van der Waals surface area (Å²) in [4.78, 5) is 26.1. The van der Waals surface area contributed by atoms with Crippen molar-refractivity contribution >= 4 is 22.2 Å². The Bertz CT molecular complexity index is 1480. The van der Waals surface area contributed by atoms with E-state index in [2.05, 4.69) is 4.98 Å². The van der Waals surface area contributed by atoms with E-state index in [1.807, 2.05) is 26.8 Å². The maximum atomic E-state index is 14.4. The van der Waals surface area contributed by atoms with Gasteiger partial charge in [0.1, 0.15) is 11.6 Å². The summed E-state index contributed by atoms with van der Waals surface area (Å²) < 4.78 is 43.9. The Morgan fingerprint density at radius 2 is 1.82 bits per heavy atom. The van der Waals surface area contributed by atoms with Crippen LogP contribution in [0, 0.1) is 5.82 Å². The fraction of sp³-hybridized carbons (Fsp3) is 0.250. The third-order valence-electron chi connectivity index (χ3n) is 5.11. The number of H-pyrrole nitrogens is 1. The number of nitrogens with zero attached hydrogens (tertiary/aromatic N) is 1. The molecule has 1 aromatic heterocycles. The Balaban J connectivity index is 2.13. The highest BCUT2D eigenvalue weighted by atomic mass is 32.2. The maximum absolute atomic E-state index is 14.4. The predicted octanol–water partition coefficient (Wildman–Crippen LogP) is 2.93. The lowest BCUT2D eigenvalue weighted by atomic mass is 9.84. The van der Waals surface area contributed by atoms with E-state index in [4.69, 9.17) is 9.88 Å². The standard InChI is InChI=1S/C24H26FN3O5S/c1-24(2,3)19-13-18(28-10-9-21(29)27-23(28)30)12-16(22(19)33-4)7-5-15-6-8-17(20(25)11-15)14-34(26,31)32/h5-13H,14H2,1-4H3,(H2,26,31,32)(H,27,29,30). The van der Waals surface area contributed by atoms with Crippen molar-refractivity contribution in [3.63, 3.8) is 0 Å². The third kappa shape index (κ3) is 5.89. The molecule has 3 N–H and O–H groups in total. The van der Waals surface area contributed by atoms with E-state index in [0.29, 0.717) is 22.6 Å². The van der Waals surface area contributed by atoms with Crippen LogP contribution in [0.15, 0.2) is 52.2 Å². The van der Waals surface area contributed by atoms with Gasteiger partial charge < -0.3 is 4.74 Å². The van der Waals surface area contributed by atoms with Crippen molar-refractivity contribution in [3.8, 4) is 11.4 Å². The molecule has 0 bridgehead atoms. The lowest BCUT2D eigenvalue weighted by molar-refractivity contribution is 0.396. The second kappa shape index (κ2) is 9.40. The van der Waals surface area contributed by atoms with E-state index >= 15 is 0 Å². The lowest BCUT2D eigenvalue weighted by Crippen LogP contribution is -2.28. The van der Waals surface area contributed by atoms with Gasteiger partial charge in [0, 0.05) is 29.0 Å². The first kappa shape index (κ1) is 25.1. The Morgan fingerprint density at radius 1 is 1.12 bits per heavy atom. The number of sulfonamides is 1. The molecule has 0 saturated heterocycles. The molecule has 3 rings (SSSR count). The highest BCUT2D eigenvalue weighted by Gasteiger charge is 2.22. The molecule has 0 unspecified atom stereocenters. The average molecular weight is 488 g/mol. The number of aromatic amines is 1. The SMILES string of the molecule is COc1c(C=Cc2ccc(CS(N)(=O)=O)c(F)c2)cc(-n2ccc(=O)[nH]c2=O)cc1C(C)(C)C. The molecule has 0 atom stereocenters. The van der Waals surface area contributed by atoms with Gasteiger partial charge in [-0.3, -0.25) is 14.3 Å². The second-order valence-electron chi connectivity index (χ2n) is 8.84. The summed E-state index contributed by atoms with van der Waals surface area (Å²) in [5.74, 6) is -0.704. The first-order valence-electron chi connectivity index (χ1n) is 10.3. The summed E-state index contributed by atoms with van der Waals surface area (Å²) in [5.41, 5.74) is 0.988. The zero-order valence-electron chi connectivity index (χ0n) is 19.3. The number of benzene rings is 2. The molecule has 0 aliphatic carbocycles. The number of hydrogen-bond acceptors (Lipinski definition) is 5. The average Bonchev–Trinajstić information content (AvgIpc) is 2.72. The minimum absolute atomic E-state index is 0.0216. The van der Waals surface area contributed by atoms with Crippen molar-refractivity contribution in [3.05, 3.63) is 91.5 Å². The number of methoxy groups -OCH3 is 1. The molecule has 0 fully saturated rings. The minimum Gasteiger partial charge on any atom is -0.496 e. The van der Waals surface area contributed by atoms with Crippen LogP contribution in [0.5, 0.6) is 5.75 Å². The predicted molar refractivity (Wildman–Crippen MR) is 130 cm³/mol. The van der Waals surface area contributed by atoms with Crippen molar-refractivity contribution in [2.45, 2.75) is 31.9 Å². The van der Waals surface area contributed by atoms with Crippen LogP contribution in [0.3, 0.4) is 0 Å². The number of nitrogens with two attached hydrogens (primary N) is 1. The van der Waals surface area contributed by atoms with Gasteiger partial charge in [-0.15, -0.1) is 0 Å². The zero-order chi connectivity index (χ0) is 25.3. The summed E-state index contributed by atoms with van der Waals surface area (Å²) in [7, 11) is -2.32. The Hall–Kier alpha value is -3.50. The molecule has 1 heterocycles. The van der Waals surface area contributed by atoms with Crippen molar-refractivity contribution in [2.75, 3.05) is 7.11 Å². The summed E-state index contributed by atoms with van der Waals surface area (Å²) in [6.07, 6.45) is 4.75. The van der Waals surface area contributed by atoms with Crippen molar-refractivity contribution in [1.29, 1.82) is 0 Å². The molecular weight excluding hydrogens is 461 g/mol. The van der Waals surface area contributed by atoms with Gasteiger partial charge in [-0.2, -0.15) is 0 Å². The van der Waals surface area contributed by atoms with Gasteiger partial charge in [0.25, 0.3) is 5.56 Å². The van der Waals surface area contributed by atoms with Crippen LogP contribution in [-0.4, -0.2) is 25.1 Å². The van der Waals surface area contributed by atoms with Crippen LogP contribution >= 0.6 is 0 Å². The number of rotatable bonds is 6. The Kier molecular flexibility index (Phi) is 6.94. The van der Waals surface area contributed by atoms with Gasteiger partial charge in [0.2, 0.25) is 10.0 Å². The normalized spacial score (nSPS) is 12.3. The van der Waals surface area contributed by atoms with Gasteiger partial charge in [0.15, 0.2) is 0 Å². The monoisotopic (exact) mass is 487 g/mol. The first-order valence-corrected chi connectivity index (χ1v) is 12.0. The van der Waals surface area contributed by atoms with E-state index in [1.165, 1.54) is 36.1 Å². The smallest absolute Gasteiger partial charge is 0.332 e. The molecule has 8 nitrogen and oxygen atoms in total. The summed E-state index contributed by atoms with van der Waals surface area (Å²) in [5, 5.41) is 5.01.